The lowest BCUT2D eigenvalue weighted by atomic mass is 10.1. The number of amides is 1. The van der Waals surface area contributed by atoms with E-state index in [1.54, 1.807) is 16.2 Å². The SMILES string of the molecule is CC(C)(C)OC(=O)N1CCOC(Cc2ccc(OCc3csc(-c4ccc(Cl)cc4)n3)c(Cl)c2)C1. The molecular formula is C26H28Cl2N2O4S. The number of benzene rings is 2. The minimum absolute atomic E-state index is 0.125. The van der Waals surface area contributed by atoms with Gasteiger partial charge in [-0.3, -0.25) is 0 Å². The first-order chi connectivity index (χ1) is 16.7. The highest BCUT2D eigenvalue weighted by molar-refractivity contribution is 7.13. The normalized spacial score (nSPS) is 16.3. The molecule has 0 spiro atoms. The molecule has 2 heterocycles. The number of ether oxygens (including phenoxy) is 3. The van der Waals surface area contributed by atoms with Crippen molar-refractivity contribution < 1.29 is 19.0 Å². The molecule has 0 bridgehead atoms. The van der Waals surface area contributed by atoms with Gasteiger partial charge in [-0.2, -0.15) is 0 Å². The second-order valence-electron chi connectivity index (χ2n) is 9.33. The molecule has 1 saturated heterocycles. The van der Waals surface area contributed by atoms with Crippen molar-refractivity contribution in [3.05, 3.63) is 69.1 Å². The van der Waals surface area contributed by atoms with Crippen molar-refractivity contribution in [2.24, 2.45) is 0 Å². The average Bonchev–Trinajstić information content (AvgIpc) is 3.27. The standard InChI is InChI=1S/C26H28Cl2N2O4S/c1-26(2,3)34-25(31)30-10-11-32-21(14-30)12-17-4-9-23(22(28)13-17)33-15-20-16-35-24(29-20)18-5-7-19(27)8-6-18/h4-9,13,16,21H,10-12,14-15H2,1-3H3. The molecule has 1 aliphatic rings. The molecule has 35 heavy (non-hydrogen) atoms. The second kappa shape index (κ2) is 11.2. The van der Waals surface area contributed by atoms with Gasteiger partial charge in [0.05, 0.1) is 30.0 Å². The Labute approximate surface area is 219 Å². The van der Waals surface area contributed by atoms with E-state index in [4.69, 9.17) is 37.4 Å². The van der Waals surface area contributed by atoms with Crippen molar-refractivity contribution >= 4 is 40.6 Å². The second-order valence-corrected chi connectivity index (χ2v) is 11.0. The lowest BCUT2D eigenvalue weighted by molar-refractivity contribution is -0.0415. The number of hydrogen-bond acceptors (Lipinski definition) is 6. The summed E-state index contributed by atoms with van der Waals surface area (Å²) in [5.74, 6) is 0.594. The molecule has 6 nitrogen and oxygen atoms in total. The van der Waals surface area contributed by atoms with Crippen LogP contribution in [0.4, 0.5) is 4.79 Å². The van der Waals surface area contributed by atoms with Crippen molar-refractivity contribution in [1.82, 2.24) is 9.88 Å². The van der Waals surface area contributed by atoms with Gasteiger partial charge in [0.15, 0.2) is 0 Å². The van der Waals surface area contributed by atoms with Crippen LogP contribution >= 0.6 is 34.5 Å². The molecule has 0 radical (unpaired) electrons. The van der Waals surface area contributed by atoms with Crippen LogP contribution in [0, 0.1) is 0 Å². The number of nitrogens with zero attached hydrogens (tertiary/aromatic N) is 2. The van der Waals surface area contributed by atoms with Gasteiger partial charge < -0.3 is 19.1 Å². The summed E-state index contributed by atoms with van der Waals surface area (Å²) in [5.41, 5.74) is 2.34. The molecule has 1 amide bonds. The van der Waals surface area contributed by atoms with E-state index >= 15 is 0 Å². The molecule has 3 aromatic rings. The number of halogens is 2. The molecule has 0 saturated carbocycles. The highest BCUT2D eigenvalue weighted by Gasteiger charge is 2.28. The van der Waals surface area contributed by atoms with Crippen molar-refractivity contribution in [3.8, 4) is 16.3 Å². The topological polar surface area (TPSA) is 60.9 Å². The summed E-state index contributed by atoms with van der Waals surface area (Å²) in [6.45, 7) is 7.38. The Bertz CT molecular complexity index is 1160. The fourth-order valence-electron chi connectivity index (χ4n) is 3.64. The van der Waals surface area contributed by atoms with Gasteiger partial charge >= 0.3 is 6.09 Å². The van der Waals surface area contributed by atoms with Crippen molar-refractivity contribution in [3.63, 3.8) is 0 Å². The zero-order valence-electron chi connectivity index (χ0n) is 19.9. The Kier molecular flexibility index (Phi) is 8.22. The van der Waals surface area contributed by atoms with E-state index in [2.05, 4.69) is 4.98 Å². The van der Waals surface area contributed by atoms with Crippen molar-refractivity contribution in [2.75, 3.05) is 19.7 Å². The number of aromatic nitrogens is 1. The Morgan fingerprint density at radius 1 is 1.20 bits per heavy atom. The van der Waals surface area contributed by atoms with Crippen LogP contribution in [0.25, 0.3) is 10.6 Å². The largest absolute Gasteiger partial charge is 0.486 e. The van der Waals surface area contributed by atoms with E-state index in [0.717, 1.165) is 21.8 Å². The number of thiazole rings is 1. The molecule has 1 aromatic heterocycles. The van der Waals surface area contributed by atoms with Gasteiger partial charge in [-0.05, 0) is 50.6 Å². The van der Waals surface area contributed by atoms with Crippen LogP contribution in [0.2, 0.25) is 10.0 Å². The van der Waals surface area contributed by atoms with Crippen LogP contribution in [0.1, 0.15) is 32.0 Å². The first kappa shape index (κ1) is 25.8. The van der Waals surface area contributed by atoms with Crippen LogP contribution < -0.4 is 4.74 Å². The Morgan fingerprint density at radius 2 is 1.97 bits per heavy atom. The number of rotatable bonds is 6. The molecule has 1 fully saturated rings. The lowest BCUT2D eigenvalue weighted by Gasteiger charge is -2.34. The van der Waals surface area contributed by atoms with E-state index in [-0.39, 0.29) is 12.2 Å². The summed E-state index contributed by atoms with van der Waals surface area (Å²) in [7, 11) is 0. The van der Waals surface area contributed by atoms with Gasteiger partial charge in [0, 0.05) is 28.9 Å². The summed E-state index contributed by atoms with van der Waals surface area (Å²) in [5, 5.41) is 4.11. The number of carbonyl (C=O) groups is 1. The molecule has 1 unspecified atom stereocenters. The Morgan fingerprint density at radius 3 is 2.69 bits per heavy atom. The third kappa shape index (κ3) is 7.34. The third-order valence-electron chi connectivity index (χ3n) is 5.27. The monoisotopic (exact) mass is 534 g/mol. The summed E-state index contributed by atoms with van der Waals surface area (Å²) >= 11 is 14.0. The minimum Gasteiger partial charge on any atom is -0.486 e. The predicted molar refractivity (Wildman–Crippen MR) is 140 cm³/mol. The molecule has 4 rings (SSSR count). The highest BCUT2D eigenvalue weighted by atomic mass is 35.5. The predicted octanol–water partition coefficient (Wildman–Crippen LogP) is 6.87. The Hall–Kier alpha value is -2.32. The van der Waals surface area contributed by atoms with Crippen LogP contribution in [0.3, 0.4) is 0 Å². The van der Waals surface area contributed by atoms with Crippen LogP contribution in [-0.2, 0) is 22.5 Å². The maximum Gasteiger partial charge on any atom is 0.410 e. The number of hydrogen-bond donors (Lipinski definition) is 0. The fourth-order valence-corrected chi connectivity index (χ4v) is 4.83. The molecule has 1 atom stereocenters. The molecular weight excluding hydrogens is 507 g/mol. The zero-order chi connectivity index (χ0) is 25.0. The number of carbonyl (C=O) groups excluding carboxylic acids is 1. The molecule has 186 valence electrons. The molecule has 1 aliphatic heterocycles. The maximum atomic E-state index is 12.4. The smallest absolute Gasteiger partial charge is 0.410 e. The summed E-state index contributed by atoms with van der Waals surface area (Å²) in [6, 6.07) is 13.3. The molecule has 9 heteroatoms. The van der Waals surface area contributed by atoms with Gasteiger partial charge in [-0.1, -0.05) is 41.4 Å². The summed E-state index contributed by atoms with van der Waals surface area (Å²) in [6.07, 6.45) is 0.199. The number of morpholine rings is 1. The highest BCUT2D eigenvalue weighted by Crippen LogP contribution is 2.29. The van der Waals surface area contributed by atoms with Crippen LogP contribution in [0.15, 0.2) is 47.8 Å². The van der Waals surface area contributed by atoms with E-state index in [9.17, 15) is 4.79 Å². The van der Waals surface area contributed by atoms with Crippen LogP contribution in [0.5, 0.6) is 5.75 Å². The van der Waals surface area contributed by atoms with E-state index in [1.165, 1.54) is 0 Å². The zero-order valence-corrected chi connectivity index (χ0v) is 22.3. The van der Waals surface area contributed by atoms with Gasteiger partial charge in [0.2, 0.25) is 0 Å². The van der Waals surface area contributed by atoms with E-state index in [1.807, 2.05) is 68.6 Å². The maximum absolute atomic E-state index is 12.4. The Balaban J connectivity index is 1.32. The lowest BCUT2D eigenvalue weighted by Crippen LogP contribution is -2.48. The van der Waals surface area contributed by atoms with Gasteiger partial charge in [0.25, 0.3) is 0 Å². The van der Waals surface area contributed by atoms with Gasteiger partial charge in [-0.25, -0.2) is 9.78 Å². The first-order valence-corrected chi connectivity index (χ1v) is 13.0. The first-order valence-electron chi connectivity index (χ1n) is 11.4. The van der Waals surface area contributed by atoms with Gasteiger partial charge in [-0.15, -0.1) is 11.3 Å². The summed E-state index contributed by atoms with van der Waals surface area (Å²) in [4.78, 5) is 18.7. The van der Waals surface area contributed by atoms with Crippen molar-refractivity contribution in [2.45, 2.75) is 45.5 Å². The molecule has 0 N–H and O–H groups in total. The minimum atomic E-state index is -0.524. The average molecular weight is 535 g/mol. The van der Waals surface area contributed by atoms with E-state index in [0.29, 0.717) is 48.5 Å². The van der Waals surface area contributed by atoms with Gasteiger partial charge in [0.1, 0.15) is 23.0 Å². The third-order valence-corrected chi connectivity index (χ3v) is 6.76. The quantitative estimate of drug-likeness (QED) is 0.345. The van der Waals surface area contributed by atoms with Crippen molar-refractivity contribution in [1.29, 1.82) is 0 Å². The summed E-state index contributed by atoms with van der Waals surface area (Å²) < 4.78 is 17.3. The van der Waals surface area contributed by atoms with Crippen LogP contribution in [-0.4, -0.2) is 47.4 Å². The fraction of sp³-hybridized carbons (Fsp3) is 0.385. The van der Waals surface area contributed by atoms with E-state index < -0.39 is 5.60 Å². The molecule has 2 aromatic carbocycles. The molecule has 0 aliphatic carbocycles.